The average Bonchev–Trinajstić information content (AvgIpc) is 2.49. The zero-order valence-electron chi connectivity index (χ0n) is 9.75. The normalized spacial score (nSPS) is 17.8. The van der Waals surface area contributed by atoms with Gasteiger partial charge >= 0.3 is 0 Å². The highest BCUT2D eigenvalue weighted by atomic mass is 35.5. The molecule has 1 aromatic rings. The van der Waals surface area contributed by atoms with Gasteiger partial charge in [-0.2, -0.15) is 0 Å². The van der Waals surface area contributed by atoms with Crippen molar-refractivity contribution in [2.24, 2.45) is 10.7 Å². The van der Waals surface area contributed by atoms with Crippen molar-refractivity contribution in [2.75, 3.05) is 5.88 Å². The van der Waals surface area contributed by atoms with E-state index in [1.165, 1.54) is 0 Å². The first kappa shape index (κ1) is 11.9. The lowest BCUT2D eigenvalue weighted by Gasteiger charge is -2.18. The molecule has 4 nitrogen and oxygen atoms in total. The van der Waals surface area contributed by atoms with Crippen LogP contribution in [0.1, 0.15) is 29.8 Å². The van der Waals surface area contributed by atoms with Crippen LogP contribution in [-0.4, -0.2) is 17.6 Å². The number of alkyl halides is 1. The maximum atomic E-state index is 11.8. The van der Waals surface area contributed by atoms with Crippen LogP contribution >= 0.6 is 11.6 Å². The van der Waals surface area contributed by atoms with Gasteiger partial charge in [-0.1, -0.05) is 6.07 Å². The van der Waals surface area contributed by atoms with Gasteiger partial charge < -0.3 is 11.1 Å². The van der Waals surface area contributed by atoms with E-state index in [-0.39, 0.29) is 17.3 Å². The molecular weight excluding hydrogens is 238 g/mol. The number of hydrogen-bond acceptors (Lipinski definition) is 2. The highest BCUT2D eigenvalue weighted by Crippen LogP contribution is 2.32. The Morgan fingerprint density at radius 1 is 1.53 bits per heavy atom. The molecule has 0 fully saturated rings. The molecule has 1 heterocycles. The van der Waals surface area contributed by atoms with Crippen LogP contribution in [0.25, 0.3) is 0 Å². The molecule has 1 aliphatic rings. The van der Waals surface area contributed by atoms with Crippen LogP contribution in [0.3, 0.4) is 0 Å². The van der Waals surface area contributed by atoms with Crippen LogP contribution in [0, 0.1) is 0 Å². The minimum absolute atomic E-state index is 0.0773. The van der Waals surface area contributed by atoms with Crippen LogP contribution in [-0.2, 0) is 5.54 Å². The number of benzene rings is 1. The number of halogens is 1. The summed E-state index contributed by atoms with van der Waals surface area (Å²) in [5.41, 5.74) is 7.51. The van der Waals surface area contributed by atoms with E-state index in [9.17, 15) is 4.79 Å². The van der Waals surface area contributed by atoms with Crippen molar-refractivity contribution in [1.82, 2.24) is 5.32 Å². The summed E-state index contributed by atoms with van der Waals surface area (Å²) in [4.78, 5) is 15.9. The van der Waals surface area contributed by atoms with Crippen LogP contribution in [0.2, 0.25) is 0 Å². The zero-order valence-corrected chi connectivity index (χ0v) is 10.5. The molecule has 1 aromatic carbocycles. The number of aliphatic imine (C=N–C) groups is 1. The monoisotopic (exact) mass is 251 g/mol. The molecule has 0 unspecified atom stereocenters. The second kappa shape index (κ2) is 4.04. The lowest BCUT2D eigenvalue weighted by atomic mass is 9.94. The Bertz CT molecular complexity index is 508. The van der Waals surface area contributed by atoms with Gasteiger partial charge in [0.15, 0.2) is 0 Å². The van der Waals surface area contributed by atoms with Crippen LogP contribution in [0.4, 0.5) is 5.69 Å². The Kier molecular flexibility index (Phi) is 2.83. The fourth-order valence-electron chi connectivity index (χ4n) is 1.95. The van der Waals surface area contributed by atoms with Crippen molar-refractivity contribution >= 4 is 29.0 Å². The van der Waals surface area contributed by atoms with Gasteiger partial charge in [-0.15, -0.1) is 11.6 Å². The quantitative estimate of drug-likeness (QED) is 0.479. The number of nitrogens with zero attached hydrogens (tertiary/aromatic N) is 1. The molecule has 0 aliphatic carbocycles. The van der Waals surface area contributed by atoms with Gasteiger partial charge in [-0.05, 0) is 31.5 Å². The minimum atomic E-state index is -0.327. The van der Waals surface area contributed by atoms with Crippen LogP contribution < -0.4 is 11.1 Å². The lowest BCUT2D eigenvalue weighted by molar-refractivity contribution is 0.0940. The zero-order chi connectivity index (χ0) is 12.6. The molecule has 0 saturated carbocycles. The standard InChI is InChI=1S/C12H14ClN3O/c1-12(2)9-4-3-7(15-10(14)6-13)5-8(9)11(17)16-12/h3-5H,6H2,1-2H3,(H2,14,15)(H,16,17). The Morgan fingerprint density at radius 3 is 2.88 bits per heavy atom. The molecular formula is C12H14ClN3O. The first-order valence-electron chi connectivity index (χ1n) is 5.30. The molecule has 0 atom stereocenters. The predicted molar refractivity (Wildman–Crippen MR) is 68.9 cm³/mol. The number of amidine groups is 1. The fraction of sp³-hybridized carbons (Fsp3) is 0.333. The Morgan fingerprint density at radius 2 is 2.24 bits per heavy atom. The summed E-state index contributed by atoms with van der Waals surface area (Å²) >= 11 is 5.56. The molecule has 17 heavy (non-hydrogen) atoms. The Labute approximate surface area is 105 Å². The summed E-state index contributed by atoms with van der Waals surface area (Å²) in [5, 5.41) is 2.91. The molecule has 1 amide bonds. The van der Waals surface area contributed by atoms with Gasteiger partial charge in [0, 0.05) is 5.56 Å². The van der Waals surface area contributed by atoms with Gasteiger partial charge in [0.05, 0.1) is 17.1 Å². The smallest absolute Gasteiger partial charge is 0.252 e. The molecule has 5 heteroatoms. The number of nitrogens with two attached hydrogens (primary N) is 1. The van der Waals surface area contributed by atoms with E-state index in [2.05, 4.69) is 10.3 Å². The SMILES string of the molecule is CC1(C)NC(=O)c2cc(N=C(N)CCl)ccc21. The fourth-order valence-corrected chi connectivity index (χ4v) is 2.01. The summed E-state index contributed by atoms with van der Waals surface area (Å²) < 4.78 is 0. The molecule has 3 N–H and O–H groups in total. The summed E-state index contributed by atoms with van der Waals surface area (Å²) in [6, 6.07) is 5.46. The number of amides is 1. The van der Waals surface area contributed by atoms with Gasteiger partial charge in [0.2, 0.25) is 0 Å². The third kappa shape index (κ3) is 2.13. The van der Waals surface area contributed by atoms with E-state index >= 15 is 0 Å². The number of nitrogens with one attached hydrogen (secondary N) is 1. The maximum Gasteiger partial charge on any atom is 0.252 e. The molecule has 1 aliphatic heterocycles. The number of hydrogen-bond donors (Lipinski definition) is 2. The largest absolute Gasteiger partial charge is 0.386 e. The van der Waals surface area contributed by atoms with E-state index in [1.54, 1.807) is 6.07 Å². The second-order valence-electron chi connectivity index (χ2n) is 4.55. The molecule has 90 valence electrons. The first-order chi connectivity index (χ1) is 7.94. The number of rotatable bonds is 2. The van der Waals surface area contributed by atoms with Crippen molar-refractivity contribution in [3.05, 3.63) is 29.3 Å². The molecule has 2 rings (SSSR count). The van der Waals surface area contributed by atoms with Crippen molar-refractivity contribution in [2.45, 2.75) is 19.4 Å². The highest BCUT2D eigenvalue weighted by molar-refractivity contribution is 6.28. The van der Waals surface area contributed by atoms with Gasteiger partial charge in [0.1, 0.15) is 5.84 Å². The topological polar surface area (TPSA) is 67.5 Å². The van der Waals surface area contributed by atoms with Crippen molar-refractivity contribution in [3.63, 3.8) is 0 Å². The highest BCUT2D eigenvalue weighted by Gasteiger charge is 2.34. The molecule has 0 saturated heterocycles. The van der Waals surface area contributed by atoms with Gasteiger partial charge in [0.25, 0.3) is 5.91 Å². The van der Waals surface area contributed by atoms with Crippen molar-refractivity contribution < 1.29 is 4.79 Å². The predicted octanol–water partition coefficient (Wildman–Crippen LogP) is 1.89. The van der Waals surface area contributed by atoms with Crippen LogP contribution in [0.15, 0.2) is 23.2 Å². The van der Waals surface area contributed by atoms with E-state index in [4.69, 9.17) is 17.3 Å². The second-order valence-corrected chi connectivity index (χ2v) is 4.81. The molecule has 0 spiro atoms. The lowest BCUT2D eigenvalue weighted by Crippen LogP contribution is -2.32. The average molecular weight is 252 g/mol. The third-order valence-electron chi connectivity index (χ3n) is 2.76. The van der Waals surface area contributed by atoms with Crippen molar-refractivity contribution in [3.8, 4) is 0 Å². The summed E-state index contributed by atoms with van der Waals surface area (Å²) in [7, 11) is 0. The summed E-state index contributed by atoms with van der Waals surface area (Å²) in [5.74, 6) is 0.435. The van der Waals surface area contributed by atoms with Crippen LogP contribution in [0.5, 0.6) is 0 Å². The first-order valence-corrected chi connectivity index (χ1v) is 5.83. The minimum Gasteiger partial charge on any atom is -0.386 e. The van der Waals surface area contributed by atoms with Crippen molar-refractivity contribution in [1.29, 1.82) is 0 Å². The molecule has 0 aromatic heterocycles. The number of fused-ring (bicyclic) bond motifs is 1. The number of carbonyl (C=O) groups excluding carboxylic acids is 1. The maximum absolute atomic E-state index is 11.8. The summed E-state index contributed by atoms with van der Waals surface area (Å²) in [6.45, 7) is 3.93. The van der Waals surface area contributed by atoms with E-state index in [0.717, 1.165) is 5.56 Å². The third-order valence-corrected chi connectivity index (χ3v) is 3.03. The van der Waals surface area contributed by atoms with Gasteiger partial charge in [-0.3, -0.25) is 4.79 Å². The Balaban J connectivity index is 2.46. The summed E-state index contributed by atoms with van der Waals surface area (Å²) in [6.07, 6.45) is 0. The van der Waals surface area contributed by atoms with Gasteiger partial charge in [-0.25, -0.2) is 4.99 Å². The molecule has 0 bridgehead atoms. The Hall–Kier alpha value is -1.55. The van der Waals surface area contributed by atoms with E-state index < -0.39 is 0 Å². The van der Waals surface area contributed by atoms with E-state index in [1.807, 2.05) is 26.0 Å². The number of carbonyl (C=O) groups is 1. The molecule has 0 radical (unpaired) electrons. The van der Waals surface area contributed by atoms with E-state index in [0.29, 0.717) is 17.1 Å².